The Labute approximate surface area is 147 Å². The highest BCUT2D eigenvalue weighted by atomic mass is 16.1. The molecule has 0 atom stereocenters. The Morgan fingerprint density at radius 2 is 1.40 bits per heavy atom. The number of aromatic amines is 1. The van der Waals surface area contributed by atoms with Gasteiger partial charge in [0.2, 0.25) is 0 Å². The van der Waals surface area contributed by atoms with Crippen LogP contribution in [0.15, 0.2) is 84.9 Å². The lowest BCUT2D eigenvalue weighted by Gasteiger charge is -2.05. The second-order valence-electron chi connectivity index (χ2n) is 6.18. The Bertz CT molecular complexity index is 1000. The van der Waals surface area contributed by atoms with Crippen LogP contribution >= 0.6 is 0 Å². The van der Waals surface area contributed by atoms with E-state index in [1.807, 2.05) is 60.7 Å². The van der Waals surface area contributed by atoms with E-state index in [0.717, 1.165) is 28.8 Å². The van der Waals surface area contributed by atoms with Gasteiger partial charge in [0.25, 0.3) is 0 Å². The third-order valence-corrected chi connectivity index (χ3v) is 4.57. The average Bonchev–Trinajstić information content (AvgIpc) is 3.06. The summed E-state index contributed by atoms with van der Waals surface area (Å²) in [5.74, 6) is 0.185. The van der Waals surface area contributed by atoms with Crippen molar-refractivity contribution < 1.29 is 4.79 Å². The van der Waals surface area contributed by atoms with Crippen molar-refractivity contribution >= 4 is 16.7 Å². The second-order valence-corrected chi connectivity index (χ2v) is 6.18. The summed E-state index contributed by atoms with van der Waals surface area (Å²) in [5, 5.41) is 1.20. The quantitative estimate of drug-likeness (QED) is 0.472. The maximum absolute atomic E-state index is 12.5. The minimum absolute atomic E-state index is 0.185. The Hall–Kier alpha value is -3.13. The molecule has 0 radical (unpaired) electrons. The van der Waals surface area contributed by atoms with Gasteiger partial charge in [0, 0.05) is 28.6 Å². The molecule has 4 aromatic rings. The van der Waals surface area contributed by atoms with E-state index in [0.29, 0.717) is 6.42 Å². The zero-order valence-electron chi connectivity index (χ0n) is 13.9. The molecule has 1 aromatic heterocycles. The molecule has 0 unspecified atom stereocenters. The first-order valence-electron chi connectivity index (χ1n) is 8.56. The molecule has 0 amide bonds. The number of H-pyrrole nitrogens is 1. The number of hydrogen-bond donors (Lipinski definition) is 1. The number of Topliss-reactive ketones (excluding diaryl/α,β-unsaturated/α-hetero) is 1. The van der Waals surface area contributed by atoms with E-state index >= 15 is 0 Å². The van der Waals surface area contributed by atoms with Crippen LogP contribution in [0.5, 0.6) is 0 Å². The number of rotatable bonds is 5. The van der Waals surface area contributed by atoms with Gasteiger partial charge in [-0.05, 0) is 23.6 Å². The molecular weight excluding hydrogens is 306 g/mol. The van der Waals surface area contributed by atoms with Crippen molar-refractivity contribution in [2.45, 2.75) is 12.8 Å². The zero-order valence-corrected chi connectivity index (χ0v) is 13.9. The van der Waals surface area contributed by atoms with Crippen LogP contribution in [0.1, 0.15) is 22.3 Å². The summed E-state index contributed by atoms with van der Waals surface area (Å²) in [4.78, 5) is 16.0. The summed E-state index contributed by atoms with van der Waals surface area (Å²) in [6, 6.07) is 28.1. The Balaban J connectivity index is 1.69. The Morgan fingerprint density at radius 3 is 2.16 bits per heavy atom. The molecule has 0 bridgehead atoms. The summed E-state index contributed by atoms with van der Waals surface area (Å²) in [6.45, 7) is 0. The van der Waals surface area contributed by atoms with Crippen molar-refractivity contribution in [3.63, 3.8) is 0 Å². The second kappa shape index (κ2) is 6.78. The Morgan fingerprint density at radius 1 is 0.760 bits per heavy atom. The fourth-order valence-corrected chi connectivity index (χ4v) is 3.32. The number of ketones is 1. The number of nitrogens with one attached hydrogen (secondary N) is 1. The molecule has 0 fully saturated rings. The third kappa shape index (κ3) is 3.11. The van der Waals surface area contributed by atoms with Gasteiger partial charge in [-0.15, -0.1) is 0 Å². The van der Waals surface area contributed by atoms with Gasteiger partial charge < -0.3 is 4.98 Å². The smallest absolute Gasteiger partial charge is 0.163 e. The van der Waals surface area contributed by atoms with E-state index in [4.69, 9.17) is 0 Å². The van der Waals surface area contributed by atoms with Crippen molar-refractivity contribution in [2.75, 3.05) is 0 Å². The number of benzene rings is 3. The molecule has 25 heavy (non-hydrogen) atoms. The molecule has 1 heterocycles. The summed E-state index contributed by atoms with van der Waals surface area (Å²) < 4.78 is 0. The summed E-state index contributed by atoms with van der Waals surface area (Å²) in [5.41, 5.74) is 5.38. The van der Waals surface area contributed by atoms with Gasteiger partial charge in [-0.2, -0.15) is 0 Å². The molecule has 1 N–H and O–H groups in total. The lowest BCUT2D eigenvalue weighted by atomic mass is 9.98. The zero-order chi connectivity index (χ0) is 17.1. The first-order valence-corrected chi connectivity index (χ1v) is 8.56. The van der Waals surface area contributed by atoms with Gasteiger partial charge in [-0.3, -0.25) is 4.79 Å². The lowest BCUT2D eigenvalue weighted by Crippen LogP contribution is -2.01. The average molecular weight is 325 g/mol. The number of aryl methyl sites for hydroxylation is 1. The monoisotopic (exact) mass is 325 g/mol. The van der Waals surface area contributed by atoms with Crippen molar-refractivity contribution in [2.24, 2.45) is 0 Å². The van der Waals surface area contributed by atoms with E-state index in [9.17, 15) is 4.79 Å². The number of carbonyl (C=O) groups is 1. The highest BCUT2D eigenvalue weighted by Gasteiger charge is 2.14. The first-order chi connectivity index (χ1) is 12.3. The van der Waals surface area contributed by atoms with Crippen molar-refractivity contribution in [1.29, 1.82) is 0 Å². The standard InChI is InChI=1S/C23H19NO/c25-22(17-9-3-1-4-10-17)16-15-20-19-13-7-8-14-21(19)24-23(20)18-11-5-2-6-12-18/h1-14,24H,15-16H2. The molecule has 2 heteroatoms. The first kappa shape index (κ1) is 15.4. The van der Waals surface area contributed by atoms with Crippen LogP contribution in [-0.4, -0.2) is 10.8 Å². The molecule has 2 nitrogen and oxygen atoms in total. The maximum Gasteiger partial charge on any atom is 0.163 e. The minimum Gasteiger partial charge on any atom is -0.354 e. The van der Waals surface area contributed by atoms with E-state index < -0.39 is 0 Å². The minimum atomic E-state index is 0.185. The molecule has 0 aliphatic carbocycles. The van der Waals surface area contributed by atoms with E-state index in [-0.39, 0.29) is 5.78 Å². The van der Waals surface area contributed by atoms with Gasteiger partial charge in [-0.25, -0.2) is 0 Å². The van der Waals surface area contributed by atoms with Crippen LogP contribution in [0.4, 0.5) is 0 Å². The fraction of sp³-hybridized carbons (Fsp3) is 0.0870. The van der Waals surface area contributed by atoms with Crippen LogP contribution in [0, 0.1) is 0 Å². The molecule has 122 valence electrons. The van der Waals surface area contributed by atoms with Crippen molar-refractivity contribution in [3.05, 3.63) is 96.1 Å². The lowest BCUT2D eigenvalue weighted by molar-refractivity contribution is 0.0983. The van der Waals surface area contributed by atoms with Gasteiger partial charge in [-0.1, -0.05) is 78.9 Å². The topological polar surface area (TPSA) is 32.9 Å². The van der Waals surface area contributed by atoms with Gasteiger partial charge >= 0.3 is 0 Å². The highest BCUT2D eigenvalue weighted by molar-refractivity contribution is 5.97. The summed E-state index contributed by atoms with van der Waals surface area (Å²) in [6.07, 6.45) is 1.23. The summed E-state index contributed by atoms with van der Waals surface area (Å²) >= 11 is 0. The van der Waals surface area contributed by atoms with Gasteiger partial charge in [0.05, 0.1) is 0 Å². The Kier molecular flexibility index (Phi) is 4.17. The number of hydrogen-bond acceptors (Lipinski definition) is 1. The number of fused-ring (bicyclic) bond motifs is 1. The summed E-state index contributed by atoms with van der Waals surface area (Å²) in [7, 11) is 0. The fourth-order valence-electron chi connectivity index (χ4n) is 3.32. The largest absolute Gasteiger partial charge is 0.354 e. The normalized spacial score (nSPS) is 10.9. The van der Waals surface area contributed by atoms with E-state index in [2.05, 4.69) is 29.2 Å². The molecule has 3 aromatic carbocycles. The van der Waals surface area contributed by atoms with Gasteiger partial charge in [0.1, 0.15) is 0 Å². The predicted octanol–water partition coefficient (Wildman–Crippen LogP) is 5.65. The molecule has 0 aliphatic rings. The van der Waals surface area contributed by atoms with Crippen molar-refractivity contribution in [3.8, 4) is 11.3 Å². The predicted molar refractivity (Wildman–Crippen MR) is 103 cm³/mol. The molecule has 0 saturated carbocycles. The maximum atomic E-state index is 12.5. The highest BCUT2D eigenvalue weighted by Crippen LogP contribution is 2.31. The van der Waals surface area contributed by atoms with Gasteiger partial charge in [0.15, 0.2) is 5.78 Å². The van der Waals surface area contributed by atoms with Crippen LogP contribution in [0.3, 0.4) is 0 Å². The number of aromatic nitrogens is 1. The van der Waals surface area contributed by atoms with E-state index in [1.54, 1.807) is 0 Å². The third-order valence-electron chi connectivity index (χ3n) is 4.57. The number of para-hydroxylation sites is 1. The van der Waals surface area contributed by atoms with Crippen LogP contribution in [0.2, 0.25) is 0 Å². The van der Waals surface area contributed by atoms with Crippen LogP contribution in [0.25, 0.3) is 22.2 Å². The molecule has 0 saturated heterocycles. The number of carbonyl (C=O) groups excluding carboxylic acids is 1. The molecular formula is C23H19NO. The SMILES string of the molecule is O=C(CCc1c(-c2ccccc2)[nH]c2ccccc12)c1ccccc1. The van der Waals surface area contributed by atoms with Crippen LogP contribution in [-0.2, 0) is 6.42 Å². The van der Waals surface area contributed by atoms with E-state index in [1.165, 1.54) is 10.9 Å². The van der Waals surface area contributed by atoms with Crippen LogP contribution < -0.4 is 0 Å². The molecule has 0 spiro atoms. The molecule has 4 rings (SSSR count). The molecule has 0 aliphatic heterocycles. The van der Waals surface area contributed by atoms with Crippen molar-refractivity contribution in [1.82, 2.24) is 4.98 Å².